The van der Waals surface area contributed by atoms with Crippen LogP contribution in [-0.4, -0.2) is 22.0 Å². The van der Waals surface area contributed by atoms with Crippen LogP contribution in [-0.2, 0) is 0 Å². The molecule has 0 saturated carbocycles. The first-order valence-corrected chi connectivity index (χ1v) is 7.47. The summed E-state index contributed by atoms with van der Waals surface area (Å²) < 4.78 is 5.50. The summed E-state index contributed by atoms with van der Waals surface area (Å²) in [5, 5.41) is 5.72. The molecule has 2 N–H and O–H groups in total. The van der Waals surface area contributed by atoms with Gasteiger partial charge in [0.15, 0.2) is 0 Å². The van der Waals surface area contributed by atoms with Crippen LogP contribution in [0.2, 0.25) is 0 Å². The number of carbonyl (C=O) groups is 1. The summed E-state index contributed by atoms with van der Waals surface area (Å²) in [4.78, 5) is 19.9. The molecule has 6 heteroatoms. The van der Waals surface area contributed by atoms with Crippen molar-refractivity contribution in [3.63, 3.8) is 0 Å². The van der Waals surface area contributed by atoms with Crippen molar-refractivity contribution < 1.29 is 9.53 Å². The monoisotopic (exact) mass is 314 g/mol. The van der Waals surface area contributed by atoms with E-state index in [1.807, 2.05) is 6.92 Å². The average molecular weight is 314 g/mol. The Morgan fingerprint density at radius 3 is 2.30 bits per heavy atom. The smallest absolute Gasteiger partial charge is 0.321 e. The molecule has 2 amide bonds. The van der Waals surface area contributed by atoms with E-state index in [0.717, 1.165) is 0 Å². The minimum Gasteiger partial charge on any atom is -0.424 e. The molecule has 0 spiro atoms. The summed E-state index contributed by atoms with van der Waals surface area (Å²) in [6.45, 7) is 8.22. The summed E-state index contributed by atoms with van der Waals surface area (Å²) in [5.74, 6) is 0.602. The number of amides is 2. The Morgan fingerprint density at radius 2 is 1.74 bits per heavy atom. The van der Waals surface area contributed by atoms with Gasteiger partial charge in [0.05, 0.1) is 0 Å². The molecule has 2 rings (SSSR count). The number of ether oxygens (including phenoxy) is 1. The second-order valence-electron chi connectivity index (χ2n) is 6.34. The second kappa shape index (κ2) is 7.09. The number of urea groups is 1. The third-order valence-electron chi connectivity index (χ3n) is 3.51. The van der Waals surface area contributed by atoms with Crippen molar-refractivity contribution in [2.24, 2.45) is 5.41 Å². The van der Waals surface area contributed by atoms with Gasteiger partial charge in [0.25, 0.3) is 0 Å². The van der Waals surface area contributed by atoms with Crippen molar-refractivity contribution in [3.05, 3.63) is 42.7 Å². The fourth-order valence-electron chi connectivity index (χ4n) is 1.63. The summed E-state index contributed by atoms with van der Waals surface area (Å²) in [5.41, 5.74) is 0.690. The molecule has 0 aliphatic rings. The lowest BCUT2D eigenvalue weighted by molar-refractivity contribution is 0.233. The predicted octanol–water partition coefficient (Wildman–Crippen LogP) is 3.83. The van der Waals surface area contributed by atoms with E-state index in [4.69, 9.17) is 4.74 Å². The molecule has 0 aliphatic carbocycles. The Balaban J connectivity index is 1.91. The summed E-state index contributed by atoms with van der Waals surface area (Å²) in [6.07, 6.45) is 3.22. The molecule has 2 aromatic rings. The molecular weight excluding hydrogens is 292 g/mol. The van der Waals surface area contributed by atoms with Crippen LogP contribution in [0.5, 0.6) is 11.8 Å². The van der Waals surface area contributed by atoms with Gasteiger partial charge in [0.1, 0.15) is 5.75 Å². The van der Waals surface area contributed by atoms with Gasteiger partial charge in [-0.15, -0.1) is 0 Å². The number of carbonyl (C=O) groups excluding carboxylic acids is 1. The average Bonchev–Trinajstić information content (AvgIpc) is 2.49. The van der Waals surface area contributed by atoms with Crippen LogP contribution in [0, 0.1) is 5.41 Å². The molecule has 0 radical (unpaired) electrons. The van der Waals surface area contributed by atoms with Crippen molar-refractivity contribution in [2.75, 3.05) is 5.32 Å². The molecule has 122 valence electrons. The highest BCUT2D eigenvalue weighted by Gasteiger charge is 2.21. The number of hydrogen-bond donors (Lipinski definition) is 2. The number of nitrogens with one attached hydrogen (secondary N) is 2. The van der Waals surface area contributed by atoms with Gasteiger partial charge in [-0.2, -0.15) is 0 Å². The maximum Gasteiger partial charge on any atom is 0.321 e. The number of rotatable bonds is 4. The lowest BCUT2D eigenvalue weighted by Gasteiger charge is -2.28. The third-order valence-corrected chi connectivity index (χ3v) is 3.51. The Labute approximate surface area is 136 Å². The minimum atomic E-state index is -0.229. The van der Waals surface area contributed by atoms with Crippen molar-refractivity contribution in [1.82, 2.24) is 15.3 Å². The van der Waals surface area contributed by atoms with Crippen molar-refractivity contribution in [2.45, 2.75) is 33.7 Å². The first kappa shape index (κ1) is 16.7. The van der Waals surface area contributed by atoms with Crippen LogP contribution in [0.1, 0.15) is 27.7 Å². The molecule has 0 saturated heterocycles. The van der Waals surface area contributed by atoms with Gasteiger partial charge in [0, 0.05) is 24.1 Å². The molecular formula is C17H22N4O2. The quantitative estimate of drug-likeness (QED) is 0.899. The summed E-state index contributed by atoms with van der Waals surface area (Å²) in [7, 11) is 0. The van der Waals surface area contributed by atoms with E-state index in [9.17, 15) is 4.79 Å². The Bertz CT molecular complexity index is 636. The van der Waals surface area contributed by atoms with Crippen LogP contribution in [0.4, 0.5) is 10.5 Å². The number of nitrogens with zero attached hydrogens (tertiary/aromatic N) is 2. The fourth-order valence-corrected chi connectivity index (χ4v) is 1.63. The molecule has 0 bridgehead atoms. The van der Waals surface area contributed by atoms with E-state index < -0.39 is 0 Å². The molecule has 0 fully saturated rings. The van der Waals surface area contributed by atoms with Crippen LogP contribution in [0.3, 0.4) is 0 Å². The number of benzene rings is 1. The van der Waals surface area contributed by atoms with E-state index in [1.54, 1.807) is 42.7 Å². The standard InChI is InChI=1S/C17H22N4O2/c1-12(17(2,3)4)20-15(22)21-13-6-8-14(9-7-13)23-16-18-10-5-11-19-16/h5-12H,1-4H3,(H2,20,21,22)/t12-/m1/s1. The summed E-state index contributed by atoms with van der Waals surface area (Å²) in [6, 6.07) is 8.85. The molecule has 1 aromatic heterocycles. The maximum atomic E-state index is 12.0. The highest BCUT2D eigenvalue weighted by atomic mass is 16.5. The van der Waals surface area contributed by atoms with Gasteiger partial charge < -0.3 is 15.4 Å². The van der Waals surface area contributed by atoms with Crippen molar-refractivity contribution in [3.8, 4) is 11.8 Å². The van der Waals surface area contributed by atoms with Gasteiger partial charge >= 0.3 is 12.0 Å². The van der Waals surface area contributed by atoms with E-state index >= 15 is 0 Å². The van der Waals surface area contributed by atoms with E-state index in [1.165, 1.54) is 0 Å². The van der Waals surface area contributed by atoms with Crippen molar-refractivity contribution >= 4 is 11.7 Å². The van der Waals surface area contributed by atoms with Gasteiger partial charge in [-0.3, -0.25) is 0 Å². The maximum absolute atomic E-state index is 12.0. The first-order chi connectivity index (χ1) is 10.8. The zero-order valence-corrected chi connectivity index (χ0v) is 13.8. The molecule has 0 aliphatic heterocycles. The minimum absolute atomic E-state index is 0.00468. The zero-order chi connectivity index (χ0) is 16.9. The fraction of sp³-hybridized carbons (Fsp3) is 0.353. The van der Waals surface area contributed by atoms with E-state index in [2.05, 4.69) is 41.4 Å². The molecule has 6 nitrogen and oxygen atoms in total. The van der Waals surface area contributed by atoms with Gasteiger partial charge in [-0.25, -0.2) is 14.8 Å². The van der Waals surface area contributed by atoms with Crippen LogP contribution in [0.25, 0.3) is 0 Å². The molecule has 1 atom stereocenters. The number of anilines is 1. The highest BCUT2D eigenvalue weighted by molar-refractivity contribution is 5.89. The third kappa shape index (κ3) is 5.25. The molecule has 0 unspecified atom stereocenters. The Hall–Kier alpha value is -2.63. The van der Waals surface area contributed by atoms with E-state index in [0.29, 0.717) is 11.4 Å². The van der Waals surface area contributed by atoms with Crippen LogP contribution >= 0.6 is 0 Å². The zero-order valence-electron chi connectivity index (χ0n) is 13.8. The second-order valence-corrected chi connectivity index (χ2v) is 6.34. The van der Waals surface area contributed by atoms with Gasteiger partial charge in [-0.05, 0) is 42.7 Å². The van der Waals surface area contributed by atoms with E-state index in [-0.39, 0.29) is 23.5 Å². The number of aromatic nitrogens is 2. The topological polar surface area (TPSA) is 76.1 Å². The van der Waals surface area contributed by atoms with Gasteiger partial charge in [0.2, 0.25) is 0 Å². The predicted molar refractivity (Wildman–Crippen MR) is 89.6 cm³/mol. The highest BCUT2D eigenvalue weighted by Crippen LogP contribution is 2.21. The normalized spacial score (nSPS) is 12.3. The largest absolute Gasteiger partial charge is 0.424 e. The molecule has 1 heterocycles. The first-order valence-electron chi connectivity index (χ1n) is 7.47. The SMILES string of the molecule is C[C@@H](NC(=O)Nc1ccc(Oc2ncccn2)cc1)C(C)(C)C. The molecule has 1 aromatic carbocycles. The Morgan fingerprint density at radius 1 is 1.13 bits per heavy atom. The van der Waals surface area contributed by atoms with Crippen molar-refractivity contribution in [1.29, 1.82) is 0 Å². The summed E-state index contributed by atoms with van der Waals surface area (Å²) >= 11 is 0. The molecule has 23 heavy (non-hydrogen) atoms. The lowest BCUT2D eigenvalue weighted by atomic mass is 9.88. The van der Waals surface area contributed by atoms with Crippen LogP contribution < -0.4 is 15.4 Å². The number of hydrogen-bond acceptors (Lipinski definition) is 4. The van der Waals surface area contributed by atoms with Crippen LogP contribution in [0.15, 0.2) is 42.7 Å². The lowest BCUT2D eigenvalue weighted by Crippen LogP contribution is -2.43. The Kier molecular flexibility index (Phi) is 5.16. The van der Waals surface area contributed by atoms with Gasteiger partial charge in [-0.1, -0.05) is 20.8 Å².